The molecule has 1 aromatic rings. The highest BCUT2D eigenvalue weighted by Crippen LogP contribution is 2.26. The molecular weight excluding hydrogens is 252 g/mol. The first kappa shape index (κ1) is 16.0. The third-order valence-corrected chi connectivity index (χ3v) is 2.90. The van der Waals surface area contributed by atoms with Crippen LogP contribution in [0.2, 0.25) is 0 Å². The van der Waals surface area contributed by atoms with Gasteiger partial charge in [-0.3, -0.25) is 4.79 Å². The lowest BCUT2D eigenvalue weighted by Crippen LogP contribution is -1.87. The third-order valence-electron chi connectivity index (χ3n) is 2.90. The number of rotatable bonds is 8. The van der Waals surface area contributed by atoms with Gasteiger partial charge in [-0.25, -0.2) is 0 Å². The third kappa shape index (κ3) is 5.74. The number of benzene rings is 1. The van der Waals surface area contributed by atoms with Crippen molar-refractivity contribution >= 4 is 11.9 Å². The lowest BCUT2D eigenvalue weighted by Gasteiger charge is -2.03. The minimum Gasteiger partial charge on any atom is -0.504 e. The smallest absolute Gasteiger partial charge is 0.178 e. The van der Waals surface area contributed by atoms with Crippen molar-refractivity contribution in [3.63, 3.8) is 0 Å². The van der Waals surface area contributed by atoms with E-state index in [0.29, 0.717) is 5.75 Å². The molecule has 1 rings (SSSR count). The molecule has 1 N–H and O–H groups in total. The second kappa shape index (κ2) is 8.97. The molecule has 0 aliphatic carbocycles. The van der Waals surface area contributed by atoms with Crippen LogP contribution in [0.4, 0.5) is 0 Å². The van der Waals surface area contributed by atoms with Crippen LogP contribution in [-0.2, 0) is 4.79 Å². The SMILES string of the molecule is CCCCC/C=C/C(=O)/C=C/c1ccc(O)c(OC)c1. The Morgan fingerprint density at radius 2 is 2.10 bits per heavy atom. The quantitative estimate of drug-likeness (QED) is 0.573. The highest BCUT2D eigenvalue weighted by molar-refractivity contribution is 6.01. The van der Waals surface area contributed by atoms with Crippen molar-refractivity contribution in [1.29, 1.82) is 0 Å². The predicted octanol–water partition coefficient (Wildman–Crippen LogP) is 4.12. The summed E-state index contributed by atoms with van der Waals surface area (Å²) in [5.74, 6) is 0.454. The van der Waals surface area contributed by atoms with Gasteiger partial charge in [0.15, 0.2) is 17.3 Å². The van der Waals surface area contributed by atoms with E-state index in [1.165, 1.54) is 26.0 Å². The number of methoxy groups -OCH3 is 1. The van der Waals surface area contributed by atoms with E-state index in [9.17, 15) is 9.90 Å². The maximum Gasteiger partial charge on any atom is 0.178 e. The Hall–Kier alpha value is -2.03. The number of phenols is 1. The standard InChI is InChI=1S/C17H22O3/c1-3-4-5-6-7-8-15(18)11-9-14-10-12-16(19)17(13-14)20-2/h7-13,19H,3-6H2,1-2H3/b8-7+,11-9+. The molecule has 0 atom stereocenters. The van der Waals surface area contributed by atoms with E-state index in [1.807, 2.05) is 6.08 Å². The van der Waals surface area contributed by atoms with Crippen LogP contribution in [-0.4, -0.2) is 18.0 Å². The molecule has 0 fully saturated rings. The minimum atomic E-state index is -0.0338. The average Bonchev–Trinajstić information content (AvgIpc) is 2.46. The van der Waals surface area contributed by atoms with Crippen LogP contribution in [0.3, 0.4) is 0 Å². The lowest BCUT2D eigenvalue weighted by atomic mass is 10.1. The zero-order valence-corrected chi connectivity index (χ0v) is 12.1. The summed E-state index contributed by atoms with van der Waals surface area (Å²) in [6.07, 6.45) is 11.2. The van der Waals surface area contributed by atoms with Gasteiger partial charge in [0.1, 0.15) is 0 Å². The Morgan fingerprint density at radius 3 is 2.80 bits per heavy atom. The number of unbranched alkanes of at least 4 members (excludes halogenated alkanes) is 3. The summed E-state index contributed by atoms with van der Waals surface area (Å²) >= 11 is 0. The van der Waals surface area contributed by atoms with Crippen molar-refractivity contribution in [2.45, 2.75) is 32.6 Å². The van der Waals surface area contributed by atoms with Crippen molar-refractivity contribution in [2.75, 3.05) is 7.11 Å². The van der Waals surface area contributed by atoms with Crippen molar-refractivity contribution in [2.24, 2.45) is 0 Å². The topological polar surface area (TPSA) is 46.5 Å². The number of hydrogen-bond acceptors (Lipinski definition) is 3. The zero-order valence-electron chi connectivity index (χ0n) is 12.1. The summed E-state index contributed by atoms with van der Waals surface area (Å²) in [4.78, 5) is 11.6. The molecule has 0 amide bonds. The molecule has 0 saturated heterocycles. The molecule has 0 aliphatic heterocycles. The molecule has 0 radical (unpaired) electrons. The summed E-state index contributed by atoms with van der Waals surface area (Å²) < 4.78 is 5.01. The Bertz CT molecular complexity index is 487. The van der Waals surface area contributed by atoms with Crippen molar-refractivity contribution in [3.05, 3.63) is 42.0 Å². The lowest BCUT2D eigenvalue weighted by molar-refractivity contribution is -0.110. The van der Waals surface area contributed by atoms with Gasteiger partial charge in [0.2, 0.25) is 0 Å². The van der Waals surface area contributed by atoms with Gasteiger partial charge in [-0.05, 0) is 42.7 Å². The molecular formula is C17H22O3. The van der Waals surface area contributed by atoms with Crippen LogP contribution in [0.5, 0.6) is 11.5 Å². The first-order chi connectivity index (χ1) is 9.67. The van der Waals surface area contributed by atoms with Crippen LogP contribution < -0.4 is 4.74 Å². The Labute approximate surface area is 120 Å². The number of carbonyl (C=O) groups is 1. The molecule has 1 aromatic carbocycles. The van der Waals surface area contributed by atoms with Crippen LogP contribution in [0.25, 0.3) is 6.08 Å². The highest BCUT2D eigenvalue weighted by atomic mass is 16.5. The van der Waals surface area contributed by atoms with Gasteiger partial charge in [-0.15, -0.1) is 0 Å². The van der Waals surface area contributed by atoms with E-state index in [-0.39, 0.29) is 11.5 Å². The van der Waals surface area contributed by atoms with E-state index >= 15 is 0 Å². The van der Waals surface area contributed by atoms with E-state index in [1.54, 1.807) is 30.4 Å². The van der Waals surface area contributed by atoms with E-state index in [2.05, 4.69) is 6.92 Å². The molecule has 0 saturated carbocycles. The molecule has 3 heteroatoms. The molecule has 0 bridgehead atoms. The predicted molar refractivity (Wildman–Crippen MR) is 82.0 cm³/mol. The summed E-state index contributed by atoms with van der Waals surface area (Å²) in [5.41, 5.74) is 0.812. The Balaban J connectivity index is 2.52. The Kier molecular flexibility index (Phi) is 7.18. The summed E-state index contributed by atoms with van der Waals surface area (Å²) in [7, 11) is 1.49. The number of carbonyl (C=O) groups excluding carboxylic acids is 1. The second-order valence-corrected chi connectivity index (χ2v) is 4.57. The fraction of sp³-hybridized carbons (Fsp3) is 0.353. The monoisotopic (exact) mass is 274 g/mol. The number of hydrogen-bond donors (Lipinski definition) is 1. The maximum absolute atomic E-state index is 11.6. The highest BCUT2D eigenvalue weighted by Gasteiger charge is 2.00. The average molecular weight is 274 g/mol. The Morgan fingerprint density at radius 1 is 1.30 bits per heavy atom. The van der Waals surface area contributed by atoms with Gasteiger partial charge in [0, 0.05) is 0 Å². The minimum absolute atomic E-state index is 0.0338. The number of aromatic hydroxyl groups is 1. The fourth-order valence-corrected chi connectivity index (χ4v) is 1.74. The van der Waals surface area contributed by atoms with Crippen LogP contribution in [0, 0.1) is 0 Å². The molecule has 0 aromatic heterocycles. The number of phenolic OH excluding ortho intramolecular Hbond substituents is 1. The molecule has 0 spiro atoms. The zero-order chi connectivity index (χ0) is 14.8. The fourth-order valence-electron chi connectivity index (χ4n) is 1.74. The summed E-state index contributed by atoms with van der Waals surface area (Å²) in [6.45, 7) is 2.16. The molecule has 3 nitrogen and oxygen atoms in total. The molecule has 108 valence electrons. The largest absolute Gasteiger partial charge is 0.504 e. The van der Waals surface area contributed by atoms with Gasteiger partial charge in [-0.2, -0.15) is 0 Å². The van der Waals surface area contributed by atoms with Gasteiger partial charge in [-0.1, -0.05) is 38.0 Å². The van der Waals surface area contributed by atoms with Crippen LogP contribution >= 0.6 is 0 Å². The molecule has 0 unspecified atom stereocenters. The van der Waals surface area contributed by atoms with Crippen molar-refractivity contribution in [1.82, 2.24) is 0 Å². The molecule has 0 aliphatic rings. The van der Waals surface area contributed by atoms with E-state index in [4.69, 9.17) is 4.74 Å². The van der Waals surface area contributed by atoms with Gasteiger partial charge in [0.25, 0.3) is 0 Å². The second-order valence-electron chi connectivity index (χ2n) is 4.57. The van der Waals surface area contributed by atoms with Crippen molar-refractivity contribution < 1.29 is 14.6 Å². The number of ketones is 1. The summed E-state index contributed by atoms with van der Waals surface area (Å²) in [6, 6.07) is 4.96. The normalized spacial score (nSPS) is 11.3. The van der Waals surface area contributed by atoms with E-state index < -0.39 is 0 Å². The van der Waals surface area contributed by atoms with Crippen LogP contribution in [0.15, 0.2) is 36.4 Å². The molecule has 20 heavy (non-hydrogen) atoms. The number of ether oxygens (including phenoxy) is 1. The molecule has 0 heterocycles. The van der Waals surface area contributed by atoms with Gasteiger partial charge >= 0.3 is 0 Å². The first-order valence-corrected chi connectivity index (χ1v) is 6.93. The van der Waals surface area contributed by atoms with Gasteiger partial charge in [0.05, 0.1) is 7.11 Å². The van der Waals surface area contributed by atoms with Crippen molar-refractivity contribution in [3.8, 4) is 11.5 Å². The first-order valence-electron chi connectivity index (χ1n) is 6.93. The summed E-state index contributed by atoms with van der Waals surface area (Å²) in [5, 5.41) is 9.47. The maximum atomic E-state index is 11.6. The van der Waals surface area contributed by atoms with Crippen LogP contribution in [0.1, 0.15) is 38.2 Å². The van der Waals surface area contributed by atoms with E-state index in [0.717, 1.165) is 18.4 Å². The number of allylic oxidation sites excluding steroid dienone is 3. The van der Waals surface area contributed by atoms with Gasteiger partial charge < -0.3 is 9.84 Å².